The average molecular weight is 454 g/mol. The van der Waals surface area contributed by atoms with Crippen LogP contribution in [0.4, 0.5) is 0 Å². The van der Waals surface area contributed by atoms with Gasteiger partial charge in [0.25, 0.3) is 0 Å². The van der Waals surface area contributed by atoms with Crippen molar-refractivity contribution in [3.63, 3.8) is 0 Å². The van der Waals surface area contributed by atoms with Gasteiger partial charge in [-0.25, -0.2) is 0 Å². The predicted molar refractivity (Wildman–Crippen MR) is 103 cm³/mol. The highest BCUT2D eigenvalue weighted by molar-refractivity contribution is 9.12. The lowest BCUT2D eigenvalue weighted by molar-refractivity contribution is -0.118. The summed E-state index contributed by atoms with van der Waals surface area (Å²) >= 11 is 7.04. The van der Waals surface area contributed by atoms with Gasteiger partial charge in [-0.15, -0.1) is 0 Å². The molecule has 0 aromatic heterocycles. The van der Waals surface area contributed by atoms with Gasteiger partial charge in [-0.2, -0.15) is 0 Å². The Morgan fingerprint density at radius 3 is 2.62 bits per heavy atom. The van der Waals surface area contributed by atoms with Crippen molar-refractivity contribution in [1.29, 1.82) is 0 Å². The van der Waals surface area contributed by atoms with Crippen molar-refractivity contribution in [2.24, 2.45) is 11.8 Å². The second-order valence-corrected chi connectivity index (χ2v) is 9.14. The Kier molecular flexibility index (Phi) is 4.63. The average Bonchev–Trinajstić information content (AvgIpc) is 2.58. The molecule has 0 heterocycles. The molecular weight excluding hydrogens is 432 g/mol. The van der Waals surface area contributed by atoms with Crippen molar-refractivity contribution < 1.29 is 9.90 Å². The van der Waals surface area contributed by atoms with Crippen molar-refractivity contribution in [3.8, 4) is 5.75 Å². The molecule has 24 heavy (non-hydrogen) atoms. The Hall–Kier alpha value is -0.610. The van der Waals surface area contributed by atoms with Crippen LogP contribution in [-0.2, 0) is 17.6 Å². The lowest BCUT2D eigenvalue weighted by Gasteiger charge is -2.40. The molecule has 0 amide bonds. The summed E-state index contributed by atoms with van der Waals surface area (Å²) in [5.74, 6) is 1.03. The van der Waals surface area contributed by atoms with Crippen LogP contribution >= 0.6 is 31.9 Å². The zero-order valence-corrected chi connectivity index (χ0v) is 16.8. The summed E-state index contributed by atoms with van der Waals surface area (Å²) in [4.78, 5) is 13.1. The number of hydrogen-bond acceptors (Lipinski definition) is 2. The van der Waals surface area contributed by atoms with Crippen molar-refractivity contribution in [3.05, 3.63) is 37.8 Å². The maximum Gasteiger partial charge on any atom is 0.177 e. The standard InChI is InChI=1S/C20H22Br2O2/c21-15-9-11-5-1-3-7-13(11)17(19(15)23)18-14-8-4-2-6-12(14)10-16(22)20(18)24/h9-11,13,17,24H,1-8H2. The van der Waals surface area contributed by atoms with Gasteiger partial charge in [0.15, 0.2) is 5.78 Å². The van der Waals surface area contributed by atoms with E-state index < -0.39 is 0 Å². The maximum absolute atomic E-state index is 13.1. The number of phenols is 1. The van der Waals surface area contributed by atoms with Crippen LogP contribution in [0.15, 0.2) is 21.1 Å². The van der Waals surface area contributed by atoms with E-state index in [1.54, 1.807) is 0 Å². The first-order valence-electron chi connectivity index (χ1n) is 9.02. The van der Waals surface area contributed by atoms with Gasteiger partial charge >= 0.3 is 0 Å². The summed E-state index contributed by atoms with van der Waals surface area (Å²) in [5.41, 5.74) is 3.48. The van der Waals surface area contributed by atoms with E-state index in [2.05, 4.69) is 44.0 Å². The second-order valence-electron chi connectivity index (χ2n) is 7.43. The Bertz CT molecular complexity index is 723. The molecule has 1 fully saturated rings. The quantitative estimate of drug-likeness (QED) is 0.584. The topological polar surface area (TPSA) is 37.3 Å². The van der Waals surface area contributed by atoms with Gasteiger partial charge in [-0.1, -0.05) is 18.9 Å². The number of phenolic OH excluding ortho intramolecular Hbond substituents is 1. The third-order valence-corrected chi connectivity index (χ3v) is 7.37. The van der Waals surface area contributed by atoms with E-state index in [1.165, 1.54) is 30.4 Å². The molecule has 3 aliphatic carbocycles. The molecule has 1 aromatic rings. The Balaban J connectivity index is 1.89. The monoisotopic (exact) mass is 452 g/mol. The number of carbonyl (C=O) groups excluding carboxylic acids is 1. The highest BCUT2D eigenvalue weighted by Gasteiger charge is 2.43. The molecule has 1 aromatic carbocycles. The van der Waals surface area contributed by atoms with Gasteiger partial charge in [-0.3, -0.25) is 4.79 Å². The lowest BCUT2D eigenvalue weighted by atomic mass is 9.64. The summed E-state index contributed by atoms with van der Waals surface area (Å²) in [6, 6.07) is 2.06. The molecule has 3 unspecified atom stereocenters. The number of Topliss-reactive ketones (excluding diaryl/α,β-unsaturated/α-hetero) is 1. The fourth-order valence-electron chi connectivity index (χ4n) is 4.99. The zero-order chi connectivity index (χ0) is 16.8. The Morgan fingerprint density at radius 1 is 1.04 bits per heavy atom. The number of hydrogen-bond donors (Lipinski definition) is 1. The Morgan fingerprint density at radius 2 is 1.79 bits per heavy atom. The van der Waals surface area contributed by atoms with Crippen LogP contribution in [0.2, 0.25) is 0 Å². The predicted octanol–water partition coefficient (Wildman–Crippen LogP) is 5.79. The molecule has 3 aliphatic rings. The number of ketones is 1. The third kappa shape index (κ3) is 2.70. The SMILES string of the molecule is O=C1C(Br)=CC2CCCCC2C1c1c(O)c(Br)cc2c1CCCC2. The number of benzene rings is 1. The number of carbonyl (C=O) groups is 1. The number of allylic oxidation sites excluding steroid dienone is 2. The number of aromatic hydroxyl groups is 1. The molecule has 0 saturated heterocycles. The van der Waals surface area contributed by atoms with Gasteiger partial charge < -0.3 is 5.11 Å². The first kappa shape index (κ1) is 16.8. The molecule has 4 rings (SSSR count). The second kappa shape index (κ2) is 6.60. The minimum atomic E-state index is -0.195. The van der Waals surface area contributed by atoms with Crippen molar-refractivity contribution in [2.75, 3.05) is 0 Å². The van der Waals surface area contributed by atoms with Crippen LogP contribution in [0.5, 0.6) is 5.75 Å². The summed E-state index contributed by atoms with van der Waals surface area (Å²) in [6.45, 7) is 0. The highest BCUT2D eigenvalue weighted by atomic mass is 79.9. The van der Waals surface area contributed by atoms with Gasteiger partial charge in [0.2, 0.25) is 0 Å². The normalized spacial score (nSPS) is 29.7. The summed E-state index contributed by atoms with van der Waals surface area (Å²) in [5, 5.41) is 10.9. The van der Waals surface area contributed by atoms with Crippen LogP contribution in [0, 0.1) is 11.8 Å². The molecule has 0 bridgehead atoms. The molecule has 0 radical (unpaired) electrons. The number of rotatable bonds is 1. The van der Waals surface area contributed by atoms with Crippen LogP contribution in [0.3, 0.4) is 0 Å². The first-order valence-corrected chi connectivity index (χ1v) is 10.6. The third-order valence-electron chi connectivity index (χ3n) is 6.11. The smallest absolute Gasteiger partial charge is 0.177 e. The van der Waals surface area contributed by atoms with Gasteiger partial charge in [0.05, 0.1) is 14.9 Å². The van der Waals surface area contributed by atoms with Gasteiger partial charge in [0, 0.05) is 5.56 Å². The fourth-order valence-corrected chi connectivity index (χ4v) is 6.07. The molecule has 128 valence electrons. The van der Waals surface area contributed by atoms with E-state index in [-0.39, 0.29) is 11.7 Å². The molecule has 3 atom stereocenters. The van der Waals surface area contributed by atoms with E-state index >= 15 is 0 Å². The van der Waals surface area contributed by atoms with Crippen molar-refractivity contribution in [2.45, 2.75) is 57.3 Å². The molecule has 0 spiro atoms. The van der Waals surface area contributed by atoms with Crippen molar-refractivity contribution in [1.82, 2.24) is 0 Å². The molecule has 0 aliphatic heterocycles. The van der Waals surface area contributed by atoms with Gasteiger partial charge in [-0.05, 0) is 99.4 Å². The van der Waals surface area contributed by atoms with E-state index in [0.717, 1.165) is 42.1 Å². The van der Waals surface area contributed by atoms with Gasteiger partial charge in [0.1, 0.15) is 5.75 Å². The van der Waals surface area contributed by atoms with Crippen molar-refractivity contribution >= 4 is 37.6 Å². The maximum atomic E-state index is 13.1. The summed E-state index contributed by atoms with van der Waals surface area (Å²) < 4.78 is 1.45. The lowest BCUT2D eigenvalue weighted by Crippen LogP contribution is -2.34. The van der Waals surface area contributed by atoms with Crippen LogP contribution in [0.25, 0.3) is 0 Å². The molecular formula is C20H22Br2O2. The first-order chi connectivity index (χ1) is 11.6. The molecule has 4 heteroatoms. The summed E-state index contributed by atoms with van der Waals surface area (Å²) in [7, 11) is 0. The van der Waals surface area contributed by atoms with Crippen LogP contribution in [0.1, 0.15) is 61.1 Å². The highest BCUT2D eigenvalue weighted by Crippen LogP contribution is 2.51. The zero-order valence-electron chi connectivity index (χ0n) is 13.7. The molecule has 1 saturated carbocycles. The van der Waals surface area contributed by atoms with Crippen LogP contribution < -0.4 is 0 Å². The Labute approximate surface area is 160 Å². The van der Waals surface area contributed by atoms with E-state index in [0.29, 0.717) is 22.1 Å². The fraction of sp³-hybridized carbons (Fsp3) is 0.550. The van der Waals surface area contributed by atoms with E-state index in [1.807, 2.05) is 0 Å². The number of aryl methyl sites for hydroxylation is 1. The largest absolute Gasteiger partial charge is 0.506 e. The number of halogens is 2. The van der Waals surface area contributed by atoms with E-state index in [4.69, 9.17) is 0 Å². The number of fused-ring (bicyclic) bond motifs is 2. The molecule has 1 N–H and O–H groups in total. The minimum absolute atomic E-state index is 0.152. The molecule has 2 nitrogen and oxygen atoms in total. The van der Waals surface area contributed by atoms with E-state index in [9.17, 15) is 9.90 Å². The summed E-state index contributed by atoms with van der Waals surface area (Å²) in [6.07, 6.45) is 11.2. The van der Waals surface area contributed by atoms with Crippen LogP contribution in [-0.4, -0.2) is 10.9 Å². The minimum Gasteiger partial charge on any atom is -0.506 e.